The molecule has 0 bridgehead atoms. The minimum Gasteiger partial charge on any atom is -0.548 e. The minimum absolute atomic E-state index is 0.260. The number of unbranched alkanes of at least 4 members (excludes halogenated alkanes) is 2. The summed E-state index contributed by atoms with van der Waals surface area (Å²) in [4.78, 5) is 24.8. The van der Waals surface area contributed by atoms with Gasteiger partial charge in [-0.2, -0.15) is 0 Å². The van der Waals surface area contributed by atoms with Gasteiger partial charge in [-0.05, 0) is 43.5 Å². The molecule has 1 fully saturated rings. The maximum atomic E-state index is 12.4. The van der Waals surface area contributed by atoms with Crippen LogP contribution in [0.5, 0.6) is 5.75 Å². The lowest BCUT2D eigenvalue weighted by molar-refractivity contribution is -0.310. The molecule has 1 heterocycles. The lowest BCUT2D eigenvalue weighted by Gasteiger charge is -2.25. The SMILES string of the molecule is CCCCCOc1ccc(C(=O)N2CCCC2C(=O)[O-])cc1. The van der Waals surface area contributed by atoms with Crippen molar-refractivity contribution in [3.8, 4) is 5.75 Å². The van der Waals surface area contributed by atoms with Crippen molar-refractivity contribution < 1.29 is 19.4 Å². The van der Waals surface area contributed by atoms with Gasteiger partial charge in [0.2, 0.25) is 0 Å². The minimum atomic E-state index is -1.18. The standard InChI is InChI=1S/C17H23NO4/c1-2-3-4-12-22-14-9-7-13(8-10-14)16(19)18-11-5-6-15(18)17(20)21/h7-10,15H,2-6,11-12H2,1H3,(H,20,21)/p-1. The molecule has 1 aromatic carbocycles. The van der Waals surface area contributed by atoms with E-state index in [1.807, 2.05) is 0 Å². The summed E-state index contributed by atoms with van der Waals surface area (Å²) in [5, 5.41) is 11.0. The first-order valence-electron chi connectivity index (χ1n) is 7.88. The molecule has 0 N–H and O–H groups in total. The Bertz CT molecular complexity index is 512. The van der Waals surface area contributed by atoms with Crippen molar-refractivity contribution in [2.45, 2.75) is 45.1 Å². The van der Waals surface area contributed by atoms with Gasteiger partial charge in [0.25, 0.3) is 5.91 Å². The van der Waals surface area contributed by atoms with E-state index in [4.69, 9.17) is 4.74 Å². The van der Waals surface area contributed by atoms with Gasteiger partial charge in [-0.15, -0.1) is 0 Å². The van der Waals surface area contributed by atoms with E-state index in [1.54, 1.807) is 24.3 Å². The molecular formula is C17H22NO4-. The summed E-state index contributed by atoms with van der Waals surface area (Å²) in [6.45, 7) is 3.27. The molecule has 2 rings (SSSR count). The molecule has 0 spiro atoms. The normalized spacial score (nSPS) is 17.5. The summed E-state index contributed by atoms with van der Waals surface area (Å²) in [6.07, 6.45) is 4.45. The maximum Gasteiger partial charge on any atom is 0.254 e. The van der Waals surface area contributed by atoms with Crippen LogP contribution in [0.4, 0.5) is 0 Å². The Labute approximate surface area is 130 Å². The number of nitrogens with zero attached hydrogens (tertiary/aromatic N) is 1. The molecule has 1 aliphatic heterocycles. The Kier molecular flexibility index (Phi) is 5.81. The van der Waals surface area contributed by atoms with Crippen LogP contribution in [-0.2, 0) is 4.79 Å². The average molecular weight is 304 g/mol. The van der Waals surface area contributed by atoms with Crippen LogP contribution in [0.2, 0.25) is 0 Å². The highest BCUT2D eigenvalue weighted by molar-refractivity contribution is 5.96. The summed E-state index contributed by atoms with van der Waals surface area (Å²) in [7, 11) is 0. The number of rotatable bonds is 7. The molecule has 1 aromatic rings. The van der Waals surface area contributed by atoms with Crippen molar-refractivity contribution >= 4 is 11.9 Å². The predicted octanol–water partition coefficient (Wildman–Crippen LogP) is 1.61. The van der Waals surface area contributed by atoms with Crippen LogP contribution in [0.25, 0.3) is 0 Å². The number of ether oxygens (including phenoxy) is 1. The van der Waals surface area contributed by atoms with E-state index in [0.717, 1.165) is 25.0 Å². The van der Waals surface area contributed by atoms with Gasteiger partial charge in [-0.3, -0.25) is 4.79 Å². The van der Waals surface area contributed by atoms with Gasteiger partial charge < -0.3 is 19.5 Å². The fraction of sp³-hybridized carbons (Fsp3) is 0.529. The molecule has 120 valence electrons. The molecule has 5 heteroatoms. The third kappa shape index (κ3) is 4.00. The number of carbonyl (C=O) groups excluding carboxylic acids is 2. The van der Waals surface area contributed by atoms with Gasteiger partial charge in [0.1, 0.15) is 5.75 Å². The van der Waals surface area contributed by atoms with Crippen LogP contribution in [0.15, 0.2) is 24.3 Å². The zero-order valence-corrected chi connectivity index (χ0v) is 12.9. The number of amides is 1. The van der Waals surface area contributed by atoms with Gasteiger partial charge in [-0.1, -0.05) is 19.8 Å². The first kappa shape index (κ1) is 16.3. The molecular weight excluding hydrogens is 282 g/mol. The molecule has 1 saturated heterocycles. The molecule has 5 nitrogen and oxygen atoms in total. The zero-order valence-electron chi connectivity index (χ0n) is 12.9. The first-order valence-corrected chi connectivity index (χ1v) is 7.88. The van der Waals surface area contributed by atoms with Crippen molar-refractivity contribution in [1.29, 1.82) is 0 Å². The molecule has 0 radical (unpaired) electrons. The van der Waals surface area contributed by atoms with Gasteiger partial charge in [0, 0.05) is 12.1 Å². The van der Waals surface area contributed by atoms with Crippen molar-refractivity contribution in [3.63, 3.8) is 0 Å². The van der Waals surface area contributed by atoms with E-state index in [0.29, 0.717) is 31.6 Å². The first-order chi connectivity index (χ1) is 10.6. The van der Waals surface area contributed by atoms with Gasteiger partial charge in [-0.25, -0.2) is 0 Å². The lowest BCUT2D eigenvalue weighted by atomic mass is 10.1. The van der Waals surface area contributed by atoms with Crippen LogP contribution in [0.1, 0.15) is 49.4 Å². The molecule has 0 aliphatic carbocycles. The van der Waals surface area contributed by atoms with E-state index in [1.165, 1.54) is 4.90 Å². The maximum absolute atomic E-state index is 12.4. The summed E-state index contributed by atoms with van der Waals surface area (Å²) < 4.78 is 5.60. The van der Waals surface area contributed by atoms with E-state index in [9.17, 15) is 14.7 Å². The van der Waals surface area contributed by atoms with Crippen LogP contribution >= 0.6 is 0 Å². The quantitative estimate of drug-likeness (QED) is 0.718. The van der Waals surface area contributed by atoms with Crippen LogP contribution in [0.3, 0.4) is 0 Å². The Morgan fingerprint density at radius 2 is 2.00 bits per heavy atom. The Morgan fingerprint density at radius 3 is 2.64 bits per heavy atom. The van der Waals surface area contributed by atoms with E-state index in [-0.39, 0.29) is 5.91 Å². The second-order valence-corrected chi connectivity index (χ2v) is 5.56. The summed E-state index contributed by atoms with van der Waals surface area (Å²) in [5.41, 5.74) is 0.481. The van der Waals surface area contributed by atoms with E-state index in [2.05, 4.69) is 6.92 Å². The topological polar surface area (TPSA) is 69.7 Å². The number of carboxylic acids is 1. The van der Waals surface area contributed by atoms with Crippen LogP contribution < -0.4 is 9.84 Å². The molecule has 1 unspecified atom stereocenters. The fourth-order valence-corrected chi connectivity index (χ4v) is 2.66. The van der Waals surface area contributed by atoms with Crippen LogP contribution in [0, 0.1) is 0 Å². The highest BCUT2D eigenvalue weighted by Crippen LogP contribution is 2.21. The number of benzene rings is 1. The molecule has 1 aliphatic rings. The molecule has 0 saturated carbocycles. The third-order valence-corrected chi connectivity index (χ3v) is 3.90. The van der Waals surface area contributed by atoms with Gasteiger partial charge >= 0.3 is 0 Å². The number of hydrogen-bond acceptors (Lipinski definition) is 4. The monoisotopic (exact) mass is 304 g/mol. The third-order valence-electron chi connectivity index (χ3n) is 3.90. The fourth-order valence-electron chi connectivity index (χ4n) is 2.66. The molecule has 22 heavy (non-hydrogen) atoms. The average Bonchev–Trinajstić information content (AvgIpc) is 3.01. The summed E-state index contributed by atoms with van der Waals surface area (Å²) in [6, 6.07) is 6.06. The molecule has 1 amide bonds. The van der Waals surface area contributed by atoms with E-state index >= 15 is 0 Å². The summed E-state index contributed by atoms with van der Waals surface area (Å²) in [5.74, 6) is -0.712. The number of carbonyl (C=O) groups is 2. The largest absolute Gasteiger partial charge is 0.548 e. The zero-order chi connectivity index (χ0) is 15.9. The Morgan fingerprint density at radius 1 is 1.27 bits per heavy atom. The highest BCUT2D eigenvalue weighted by atomic mass is 16.5. The number of likely N-dealkylation sites (tertiary alicyclic amines) is 1. The van der Waals surface area contributed by atoms with E-state index < -0.39 is 12.0 Å². The number of carboxylic acid groups (broad SMARTS) is 1. The smallest absolute Gasteiger partial charge is 0.254 e. The van der Waals surface area contributed by atoms with Crippen molar-refractivity contribution in [2.24, 2.45) is 0 Å². The summed E-state index contributed by atoms with van der Waals surface area (Å²) >= 11 is 0. The van der Waals surface area contributed by atoms with Crippen molar-refractivity contribution in [3.05, 3.63) is 29.8 Å². The highest BCUT2D eigenvalue weighted by Gasteiger charge is 2.30. The van der Waals surface area contributed by atoms with Crippen LogP contribution in [-0.4, -0.2) is 36.0 Å². The Balaban J connectivity index is 1.95. The number of aliphatic carboxylic acids is 1. The van der Waals surface area contributed by atoms with Gasteiger partial charge in [0.05, 0.1) is 18.6 Å². The second kappa shape index (κ2) is 7.82. The lowest BCUT2D eigenvalue weighted by Crippen LogP contribution is -2.46. The van der Waals surface area contributed by atoms with Gasteiger partial charge in [0.15, 0.2) is 0 Å². The predicted molar refractivity (Wildman–Crippen MR) is 80.5 cm³/mol. The molecule has 0 aromatic heterocycles. The van der Waals surface area contributed by atoms with Crippen molar-refractivity contribution in [2.75, 3.05) is 13.2 Å². The van der Waals surface area contributed by atoms with Crippen molar-refractivity contribution in [1.82, 2.24) is 4.90 Å². The second-order valence-electron chi connectivity index (χ2n) is 5.56. The Hall–Kier alpha value is -2.04. The molecule has 1 atom stereocenters. The number of hydrogen-bond donors (Lipinski definition) is 0.